The van der Waals surface area contributed by atoms with Gasteiger partial charge in [0.25, 0.3) is 0 Å². The predicted octanol–water partition coefficient (Wildman–Crippen LogP) is 5.67. The molecule has 0 bridgehead atoms. The Bertz CT molecular complexity index is 1030. The minimum Gasteiger partial charge on any atom is -0.0830 e. The molecule has 0 saturated carbocycles. The topological polar surface area (TPSA) is 0 Å². The van der Waals surface area contributed by atoms with Crippen molar-refractivity contribution in [2.24, 2.45) is 0 Å². The largest absolute Gasteiger partial charge is 0.0830 e. The maximum absolute atomic E-state index is 8.14. The fraction of sp³-hybridized carbons (Fsp3) is 0. The van der Waals surface area contributed by atoms with Crippen molar-refractivity contribution in [3.05, 3.63) is 83.6 Å². The smallest absolute Gasteiger partial charge is 0.0629 e. The van der Waals surface area contributed by atoms with Crippen molar-refractivity contribution in [3.63, 3.8) is 0 Å². The van der Waals surface area contributed by atoms with Gasteiger partial charge in [-0.25, -0.2) is 0 Å². The molecule has 0 unspecified atom stereocenters. The van der Waals surface area contributed by atoms with Crippen LogP contribution in [0.3, 0.4) is 0 Å². The van der Waals surface area contributed by atoms with Gasteiger partial charge in [-0.2, -0.15) is 0 Å². The number of hydrogen-bond donors (Lipinski definition) is 0. The summed E-state index contributed by atoms with van der Waals surface area (Å²) in [7, 11) is 0. The van der Waals surface area contributed by atoms with Gasteiger partial charge in [0.2, 0.25) is 0 Å². The van der Waals surface area contributed by atoms with Gasteiger partial charge in [-0.15, -0.1) is 0 Å². The second-order valence-electron chi connectivity index (χ2n) is 3.67. The highest BCUT2D eigenvalue weighted by Gasteiger charge is 2.08. The van der Waals surface area contributed by atoms with E-state index in [9.17, 15) is 0 Å². The summed E-state index contributed by atoms with van der Waals surface area (Å²) in [6, 6.07) is -0.573. The molecule has 0 aromatic heterocycles. The van der Waals surface area contributed by atoms with E-state index in [1.54, 1.807) is 0 Å². The molecule has 0 aliphatic rings. The molecule has 0 amide bonds. The third-order valence-electron chi connectivity index (χ3n) is 2.54. The van der Waals surface area contributed by atoms with Gasteiger partial charge in [-0.05, 0) is 11.1 Å². The number of rotatable bonds is 2. The Balaban J connectivity index is 2.40. The first-order chi connectivity index (χ1) is 13.5. The molecule has 0 atom stereocenters. The number of hydrogen-bond acceptors (Lipinski definition) is 0. The second kappa shape index (κ2) is 5.29. The van der Waals surface area contributed by atoms with Crippen molar-refractivity contribution < 1.29 is 13.7 Å². The molecule has 0 N–H and O–H groups in total. The maximum atomic E-state index is 8.14. The summed E-state index contributed by atoms with van der Waals surface area (Å²) in [5.74, 6) is 0. The molecule has 3 rings (SSSR count). The summed E-state index contributed by atoms with van der Waals surface area (Å²) in [5, 5.41) is -0.0791. The van der Waals surface area contributed by atoms with E-state index < -0.39 is 60.4 Å². The van der Waals surface area contributed by atoms with Crippen LogP contribution in [0.4, 0.5) is 0 Å². The molecular weight excluding hydrogens is 252 g/mol. The Kier molecular flexibility index (Phi) is 1.43. The van der Waals surface area contributed by atoms with Crippen LogP contribution in [0, 0.1) is 0 Å². The minimum atomic E-state index is -0.540. The van der Waals surface area contributed by atoms with Gasteiger partial charge in [0, 0.05) is 11.1 Å². The van der Waals surface area contributed by atoms with E-state index in [2.05, 4.69) is 0 Å². The molecule has 0 aliphatic heterocycles. The summed E-state index contributed by atoms with van der Waals surface area (Å²) >= 11 is 6.48. The van der Waals surface area contributed by atoms with E-state index >= 15 is 0 Å². The fourth-order valence-electron chi connectivity index (χ4n) is 1.69. The van der Waals surface area contributed by atoms with Gasteiger partial charge in [-0.3, -0.25) is 0 Å². The normalized spacial score (nSPS) is 17.7. The standard InChI is InChI=1S/C18H13Cl/c19-18-16(14-8-3-1-4-9-14)12-7-13-17(18)15-10-5-2-6-11-15/h1-13H/i1D,2D,3D,4D,5D,6D,8D,9D,10D,11D. The van der Waals surface area contributed by atoms with Gasteiger partial charge in [-0.1, -0.05) is 90.2 Å². The van der Waals surface area contributed by atoms with E-state index in [4.69, 9.17) is 25.3 Å². The molecule has 0 saturated heterocycles. The van der Waals surface area contributed by atoms with Crippen LogP contribution in [0.15, 0.2) is 78.6 Å². The Morgan fingerprint density at radius 2 is 1.11 bits per heavy atom. The van der Waals surface area contributed by atoms with Crippen LogP contribution in [0.25, 0.3) is 22.3 Å². The van der Waals surface area contributed by atoms with E-state index in [0.29, 0.717) is 0 Å². The van der Waals surface area contributed by atoms with Gasteiger partial charge in [0.15, 0.2) is 0 Å². The molecule has 0 nitrogen and oxygen atoms in total. The molecular formula is C18H13Cl. The molecule has 3 aromatic rings. The second-order valence-corrected chi connectivity index (χ2v) is 4.05. The molecule has 0 aliphatic carbocycles. The van der Waals surface area contributed by atoms with Crippen LogP contribution in [-0.2, 0) is 0 Å². The monoisotopic (exact) mass is 274 g/mol. The quantitative estimate of drug-likeness (QED) is 0.564. The van der Waals surface area contributed by atoms with Crippen LogP contribution < -0.4 is 0 Å². The molecule has 0 radical (unpaired) electrons. The van der Waals surface area contributed by atoms with Crippen molar-refractivity contribution in [3.8, 4) is 22.3 Å². The SMILES string of the molecule is [2H]c1c([2H])c([2H])c(-c2cccc(-c3c([2H])c([2H])c([2H])c([2H])c3[2H])c2Cl)c([2H])c1[2H]. The first-order valence-electron chi connectivity index (χ1n) is 10.4. The lowest BCUT2D eigenvalue weighted by Crippen LogP contribution is -1.84. The van der Waals surface area contributed by atoms with E-state index in [-0.39, 0.29) is 27.3 Å². The molecule has 92 valence electrons. The van der Waals surface area contributed by atoms with Crippen molar-refractivity contribution in [2.45, 2.75) is 0 Å². The van der Waals surface area contributed by atoms with Crippen LogP contribution in [0.1, 0.15) is 13.7 Å². The minimum absolute atomic E-state index is 0.0791. The Morgan fingerprint density at radius 3 is 1.53 bits per heavy atom. The molecule has 0 heterocycles. The Hall–Kier alpha value is -2.05. The highest BCUT2D eigenvalue weighted by Crippen LogP contribution is 2.35. The summed E-state index contributed by atoms with van der Waals surface area (Å²) in [6.07, 6.45) is 0. The lowest BCUT2D eigenvalue weighted by atomic mass is 9.99. The van der Waals surface area contributed by atoms with Gasteiger partial charge in [0.05, 0.1) is 18.7 Å². The van der Waals surface area contributed by atoms with Gasteiger partial charge in [0.1, 0.15) is 0 Å². The third-order valence-corrected chi connectivity index (χ3v) is 2.94. The zero-order valence-electron chi connectivity index (χ0n) is 19.6. The summed E-state index contributed by atoms with van der Waals surface area (Å²) in [5.41, 5.74) is -0.0496. The summed E-state index contributed by atoms with van der Waals surface area (Å²) in [4.78, 5) is 0. The highest BCUT2D eigenvalue weighted by atomic mass is 35.5. The molecule has 3 aromatic carbocycles. The lowest BCUT2D eigenvalue weighted by molar-refractivity contribution is 1.59. The average molecular weight is 275 g/mol. The Morgan fingerprint density at radius 1 is 0.684 bits per heavy atom. The van der Waals surface area contributed by atoms with E-state index in [1.165, 1.54) is 18.2 Å². The lowest BCUT2D eigenvalue weighted by Gasteiger charge is -2.10. The van der Waals surface area contributed by atoms with Crippen LogP contribution in [-0.4, -0.2) is 0 Å². The van der Waals surface area contributed by atoms with Crippen molar-refractivity contribution in [1.82, 2.24) is 0 Å². The van der Waals surface area contributed by atoms with Gasteiger partial charge < -0.3 is 0 Å². The highest BCUT2D eigenvalue weighted by molar-refractivity contribution is 6.36. The van der Waals surface area contributed by atoms with Crippen molar-refractivity contribution >= 4 is 11.6 Å². The zero-order valence-corrected chi connectivity index (χ0v) is 10.4. The zero-order chi connectivity index (χ0) is 21.8. The predicted molar refractivity (Wildman–Crippen MR) is 82.3 cm³/mol. The first kappa shape index (κ1) is 5.15. The third kappa shape index (κ3) is 2.40. The van der Waals surface area contributed by atoms with Gasteiger partial charge >= 0.3 is 0 Å². The maximum Gasteiger partial charge on any atom is 0.0629 e. The molecule has 0 fully saturated rings. The fourth-order valence-corrected chi connectivity index (χ4v) is 2.00. The van der Waals surface area contributed by atoms with Crippen LogP contribution >= 0.6 is 11.6 Å². The number of halogens is 1. The van der Waals surface area contributed by atoms with Crippen molar-refractivity contribution in [1.29, 1.82) is 0 Å². The average Bonchev–Trinajstić information content (AvgIpc) is 2.70. The van der Waals surface area contributed by atoms with Crippen LogP contribution in [0.2, 0.25) is 5.02 Å². The van der Waals surface area contributed by atoms with Crippen molar-refractivity contribution in [2.75, 3.05) is 0 Å². The molecule has 0 spiro atoms. The number of benzene rings is 3. The summed E-state index contributed by atoms with van der Waals surface area (Å²) in [6.45, 7) is 0. The summed E-state index contributed by atoms with van der Waals surface area (Å²) < 4.78 is 79.3. The van der Waals surface area contributed by atoms with Crippen LogP contribution in [0.5, 0.6) is 0 Å². The molecule has 1 heteroatoms. The van der Waals surface area contributed by atoms with E-state index in [0.717, 1.165) is 0 Å². The van der Waals surface area contributed by atoms with E-state index in [1.807, 2.05) is 0 Å². The first-order valence-corrected chi connectivity index (χ1v) is 5.81. The molecule has 19 heavy (non-hydrogen) atoms. The Labute approximate surface area is 132 Å².